The number of carboxylic acids is 1. The van der Waals surface area contributed by atoms with Gasteiger partial charge in [0, 0.05) is 12.5 Å². The molecule has 2 N–H and O–H groups in total. The molecule has 0 bridgehead atoms. The number of halogens is 1. The minimum Gasteiger partial charge on any atom is -0.477 e. The fourth-order valence-electron chi connectivity index (χ4n) is 2.78. The Bertz CT molecular complexity index is 904. The average Bonchev–Trinajstić information content (AvgIpc) is 2.68. The molecular weight excluding hydrogens is 502 g/mol. The van der Waals surface area contributed by atoms with E-state index in [9.17, 15) is 24.3 Å². The summed E-state index contributed by atoms with van der Waals surface area (Å²) in [5.41, 5.74) is -1.96. The van der Waals surface area contributed by atoms with E-state index in [1.54, 1.807) is 48.5 Å². The van der Waals surface area contributed by atoms with E-state index in [0.717, 1.165) is 0 Å². The highest BCUT2D eigenvalue weighted by Crippen LogP contribution is 2.31. The average molecular weight is 536 g/mol. The lowest BCUT2D eigenvalue weighted by Crippen LogP contribution is -2.59. The van der Waals surface area contributed by atoms with E-state index in [2.05, 4.69) is 5.32 Å². The third kappa shape index (κ3) is 11.0. The van der Waals surface area contributed by atoms with E-state index < -0.39 is 54.8 Å². The van der Waals surface area contributed by atoms with Crippen molar-refractivity contribution in [1.29, 1.82) is 0 Å². The van der Waals surface area contributed by atoms with E-state index in [0.29, 0.717) is 0 Å². The van der Waals surface area contributed by atoms with Gasteiger partial charge in [0.05, 0.1) is 18.8 Å². The van der Waals surface area contributed by atoms with Crippen molar-refractivity contribution < 1.29 is 52.7 Å². The summed E-state index contributed by atoms with van der Waals surface area (Å²) in [6, 6.07) is 3.53. The Morgan fingerprint density at radius 2 is 1.42 bits per heavy atom. The lowest BCUT2D eigenvalue weighted by Gasteiger charge is -2.31. The molecule has 12 nitrogen and oxygen atoms in total. The molecule has 0 fully saturated rings. The van der Waals surface area contributed by atoms with Gasteiger partial charge in [-0.3, -0.25) is 5.32 Å². The van der Waals surface area contributed by atoms with Crippen LogP contribution in [-0.2, 0) is 30.2 Å². The van der Waals surface area contributed by atoms with Crippen molar-refractivity contribution in [3.05, 3.63) is 23.8 Å². The molecule has 0 aliphatic heterocycles. The highest BCUT2D eigenvalue weighted by atomic mass is 35.5. The second-order valence-electron chi connectivity index (χ2n) is 8.21. The summed E-state index contributed by atoms with van der Waals surface area (Å²) in [6.45, 7) is 11.3. The van der Waals surface area contributed by atoms with Crippen LogP contribution < -0.4 is 14.8 Å². The van der Waals surface area contributed by atoms with Crippen LogP contribution in [0.5, 0.6) is 11.5 Å². The Morgan fingerprint density at radius 1 is 0.889 bits per heavy atom. The molecular formula is C23H34ClNO11. The van der Waals surface area contributed by atoms with E-state index in [1.807, 2.05) is 0 Å². The van der Waals surface area contributed by atoms with Gasteiger partial charge in [0.1, 0.15) is 0 Å². The number of hydrogen-bond acceptors (Lipinski definition) is 11. The van der Waals surface area contributed by atoms with Gasteiger partial charge in [0.25, 0.3) is 5.72 Å². The number of carbonyl (C=O) groups excluding carboxylic acids is 3. The molecule has 13 heteroatoms. The van der Waals surface area contributed by atoms with Gasteiger partial charge in [0.2, 0.25) is 0 Å². The molecule has 1 rings (SSSR count). The molecule has 0 saturated carbocycles. The van der Waals surface area contributed by atoms with Crippen LogP contribution in [0.15, 0.2) is 18.2 Å². The first-order chi connectivity index (χ1) is 16.3. The molecule has 0 amide bonds. The maximum absolute atomic E-state index is 12.2. The van der Waals surface area contributed by atoms with Gasteiger partial charge in [-0.05, 0) is 66.2 Å². The number of rotatable bonds is 11. The van der Waals surface area contributed by atoms with Crippen LogP contribution in [0, 0.1) is 0 Å². The highest BCUT2D eigenvalue weighted by molar-refractivity contribution is 5.85. The molecule has 0 spiro atoms. The maximum atomic E-state index is 12.2. The summed E-state index contributed by atoms with van der Waals surface area (Å²) in [5.74, 6) is -1.90. The van der Waals surface area contributed by atoms with Gasteiger partial charge in [-0.2, -0.15) is 0 Å². The molecule has 1 aromatic carbocycles. The quantitative estimate of drug-likeness (QED) is 0.178. The van der Waals surface area contributed by atoms with Gasteiger partial charge in [-0.25, -0.2) is 19.2 Å². The lowest BCUT2D eigenvalue weighted by atomic mass is 10.0. The molecule has 1 atom stereocenters. The van der Waals surface area contributed by atoms with Crippen molar-refractivity contribution in [2.75, 3.05) is 6.61 Å². The fraction of sp³-hybridized carbons (Fsp3) is 0.565. The second kappa shape index (κ2) is 15.0. The SMILES string of the molecule is CCOC(=O)O[C@](Cc1ccc(OC(=O)OC(C)C)c(OC(=O)OC(C)C)c1)(NC(C)C)C(=O)O.Cl. The van der Waals surface area contributed by atoms with Crippen molar-refractivity contribution in [3.8, 4) is 11.5 Å². The van der Waals surface area contributed by atoms with Crippen LogP contribution >= 0.6 is 12.4 Å². The van der Waals surface area contributed by atoms with Crippen LogP contribution in [0.25, 0.3) is 0 Å². The Kier molecular flexibility index (Phi) is 13.6. The standard InChI is InChI=1S/C23H33NO11.ClH/c1-8-30-20(27)35-23(19(25)26,24-13(2)3)12-16-9-10-17(33-21(28)31-14(4)5)18(11-16)34-22(29)32-15(6)7;/h9-11,13-15,24H,8,12H2,1-7H3,(H,25,26);1H/t23-;/m0./s1. The van der Waals surface area contributed by atoms with Gasteiger partial charge in [-0.15, -0.1) is 12.4 Å². The molecule has 0 saturated heterocycles. The Labute approximate surface area is 215 Å². The minimum absolute atomic E-state index is 0. The number of nitrogens with one attached hydrogen (secondary N) is 1. The molecule has 0 unspecified atom stereocenters. The molecule has 204 valence electrons. The first kappa shape index (κ1) is 32.8. The van der Waals surface area contributed by atoms with Gasteiger partial charge < -0.3 is 33.5 Å². The maximum Gasteiger partial charge on any atom is 0.514 e. The molecule has 1 aromatic rings. The number of carboxylic acid groups (broad SMARTS) is 1. The van der Waals surface area contributed by atoms with E-state index in [1.165, 1.54) is 18.2 Å². The minimum atomic E-state index is -2.21. The summed E-state index contributed by atoms with van der Waals surface area (Å²) < 4.78 is 30.1. The Morgan fingerprint density at radius 3 is 1.86 bits per heavy atom. The molecule has 0 aliphatic rings. The van der Waals surface area contributed by atoms with Crippen LogP contribution in [0.2, 0.25) is 0 Å². The van der Waals surface area contributed by atoms with Gasteiger partial charge >= 0.3 is 24.4 Å². The number of hydrogen-bond donors (Lipinski definition) is 2. The van der Waals surface area contributed by atoms with Crippen molar-refractivity contribution >= 4 is 36.8 Å². The monoisotopic (exact) mass is 535 g/mol. The lowest BCUT2D eigenvalue weighted by molar-refractivity contribution is -0.166. The third-order valence-electron chi connectivity index (χ3n) is 3.90. The largest absolute Gasteiger partial charge is 0.514 e. The highest BCUT2D eigenvalue weighted by Gasteiger charge is 2.44. The van der Waals surface area contributed by atoms with Crippen LogP contribution in [0.4, 0.5) is 14.4 Å². The number of benzene rings is 1. The summed E-state index contributed by atoms with van der Waals surface area (Å²) in [5, 5.41) is 12.7. The predicted octanol–water partition coefficient (Wildman–Crippen LogP) is 4.45. The fourth-order valence-corrected chi connectivity index (χ4v) is 2.78. The second-order valence-corrected chi connectivity index (χ2v) is 8.21. The van der Waals surface area contributed by atoms with E-state index in [-0.39, 0.29) is 36.1 Å². The first-order valence-electron chi connectivity index (χ1n) is 11.0. The number of carbonyl (C=O) groups is 4. The molecule has 0 aliphatic carbocycles. The van der Waals surface area contributed by atoms with Crippen molar-refractivity contribution in [1.82, 2.24) is 5.32 Å². The number of aliphatic carboxylic acids is 1. The van der Waals surface area contributed by atoms with Gasteiger partial charge in [0.15, 0.2) is 11.5 Å². The Balaban J connectivity index is 0.0000122. The van der Waals surface area contributed by atoms with E-state index in [4.69, 9.17) is 28.4 Å². The van der Waals surface area contributed by atoms with Crippen molar-refractivity contribution in [3.63, 3.8) is 0 Å². The normalized spacial score (nSPS) is 12.3. The van der Waals surface area contributed by atoms with Crippen molar-refractivity contribution in [2.24, 2.45) is 0 Å². The molecule has 36 heavy (non-hydrogen) atoms. The number of ether oxygens (including phenoxy) is 6. The van der Waals surface area contributed by atoms with Crippen LogP contribution in [0.1, 0.15) is 54.0 Å². The summed E-state index contributed by atoms with van der Waals surface area (Å²) >= 11 is 0. The zero-order valence-corrected chi connectivity index (χ0v) is 22.1. The summed E-state index contributed by atoms with van der Waals surface area (Å²) in [4.78, 5) is 48.3. The summed E-state index contributed by atoms with van der Waals surface area (Å²) in [7, 11) is 0. The molecule has 0 radical (unpaired) electrons. The van der Waals surface area contributed by atoms with Gasteiger partial charge in [-0.1, -0.05) is 6.07 Å². The predicted molar refractivity (Wildman–Crippen MR) is 129 cm³/mol. The zero-order valence-electron chi connectivity index (χ0n) is 21.3. The Hall–Kier alpha value is -3.25. The van der Waals surface area contributed by atoms with Crippen LogP contribution in [0.3, 0.4) is 0 Å². The topological polar surface area (TPSA) is 156 Å². The zero-order chi connectivity index (χ0) is 26.8. The van der Waals surface area contributed by atoms with Crippen molar-refractivity contribution in [2.45, 2.75) is 78.9 Å². The third-order valence-corrected chi connectivity index (χ3v) is 3.90. The van der Waals surface area contributed by atoms with Crippen LogP contribution in [-0.4, -0.2) is 60.1 Å². The summed E-state index contributed by atoms with van der Waals surface area (Å²) in [6.07, 6.45) is -4.65. The first-order valence-corrected chi connectivity index (χ1v) is 11.0. The smallest absolute Gasteiger partial charge is 0.477 e. The molecule has 0 aromatic heterocycles. The molecule has 0 heterocycles. The van der Waals surface area contributed by atoms with E-state index >= 15 is 0 Å².